The topological polar surface area (TPSA) is 37.4 Å². The maximum Gasteiger partial charge on any atom is 0.577 e. The normalized spacial score (nSPS) is 9.97. The predicted octanol–water partition coefficient (Wildman–Crippen LogP) is 7.38. The molecule has 0 aromatic heterocycles. The van der Waals surface area contributed by atoms with Gasteiger partial charge in [-0.1, -0.05) is 60.2 Å². The van der Waals surface area contributed by atoms with Gasteiger partial charge in [0, 0.05) is 28.2 Å². The lowest BCUT2D eigenvalue weighted by molar-refractivity contribution is 0.0894. The summed E-state index contributed by atoms with van der Waals surface area (Å²) in [4.78, 5) is 27.3. The zero-order valence-electron chi connectivity index (χ0n) is 18.7. The van der Waals surface area contributed by atoms with E-state index in [1.54, 1.807) is 18.2 Å². The van der Waals surface area contributed by atoms with Crippen LogP contribution in [0.1, 0.15) is 32.7 Å². The molecule has 4 aromatic carbocycles. The van der Waals surface area contributed by atoms with Gasteiger partial charge in [-0.25, -0.2) is 0 Å². The van der Waals surface area contributed by atoms with E-state index in [-0.39, 0.29) is 18.0 Å². The molecule has 0 unspecified atom stereocenters. The Labute approximate surface area is 199 Å². The van der Waals surface area contributed by atoms with Crippen LogP contribution in [-0.4, -0.2) is 19.4 Å². The highest BCUT2D eigenvalue weighted by Gasteiger charge is 2.16. The summed E-state index contributed by atoms with van der Waals surface area (Å²) in [6, 6.07) is 34.9. The number of rotatable bonds is 7. The summed E-state index contributed by atoms with van der Waals surface area (Å²) in [6.45, 7) is 1.93. The number of carbonyl (C=O) groups is 2. The fourth-order valence-corrected chi connectivity index (χ4v) is 3.57. The Morgan fingerprint density at radius 1 is 0.647 bits per heavy atom. The SMILES string of the molecule is Cc1cccc(C(=O)CC(=O)c2ccc(N(c3ccccc3)c3ccccc3)cc2)c1.F[B]F. The van der Waals surface area contributed by atoms with Crippen molar-refractivity contribution in [1.82, 2.24) is 0 Å². The molecule has 0 spiro atoms. The van der Waals surface area contributed by atoms with Crippen LogP contribution in [0.15, 0.2) is 109 Å². The van der Waals surface area contributed by atoms with Gasteiger partial charge in [-0.2, -0.15) is 0 Å². The first-order chi connectivity index (χ1) is 16.5. The molecule has 34 heavy (non-hydrogen) atoms. The van der Waals surface area contributed by atoms with Crippen molar-refractivity contribution in [3.63, 3.8) is 0 Å². The molecule has 0 heterocycles. The number of hydrogen-bond acceptors (Lipinski definition) is 3. The van der Waals surface area contributed by atoms with Crippen molar-refractivity contribution < 1.29 is 18.2 Å². The summed E-state index contributed by atoms with van der Waals surface area (Å²) in [5.41, 5.74) is 5.11. The summed E-state index contributed by atoms with van der Waals surface area (Å²) < 4.78 is 19.0. The number of nitrogens with zero attached hydrogens (tertiary/aromatic N) is 1. The van der Waals surface area contributed by atoms with Crippen molar-refractivity contribution in [3.05, 3.63) is 126 Å². The average Bonchev–Trinajstić information content (AvgIpc) is 2.86. The van der Waals surface area contributed by atoms with Crippen LogP contribution >= 0.6 is 0 Å². The molecule has 0 fully saturated rings. The van der Waals surface area contributed by atoms with Crippen LogP contribution in [0.3, 0.4) is 0 Å². The molecule has 0 atom stereocenters. The Kier molecular flexibility index (Phi) is 8.86. The molecule has 169 valence electrons. The molecule has 0 aliphatic heterocycles. The first kappa shape index (κ1) is 24.6. The predicted molar refractivity (Wildman–Crippen MR) is 134 cm³/mol. The van der Waals surface area contributed by atoms with Crippen LogP contribution in [0.4, 0.5) is 25.7 Å². The highest BCUT2D eigenvalue weighted by atomic mass is 19.2. The van der Waals surface area contributed by atoms with Gasteiger partial charge in [-0.05, 0) is 61.5 Å². The van der Waals surface area contributed by atoms with Gasteiger partial charge in [0.25, 0.3) is 0 Å². The molecule has 0 N–H and O–H groups in total. The average molecular weight is 454 g/mol. The van der Waals surface area contributed by atoms with Crippen molar-refractivity contribution >= 4 is 36.5 Å². The number of anilines is 3. The number of aryl methyl sites for hydroxylation is 1. The fourth-order valence-electron chi connectivity index (χ4n) is 3.57. The third-order valence-corrected chi connectivity index (χ3v) is 5.14. The molecule has 0 aliphatic carbocycles. The molecule has 0 aliphatic rings. The van der Waals surface area contributed by atoms with Crippen molar-refractivity contribution in [2.75, 3.05) is 4.90 Å². The minimum absolute atomic E-state index is 0.135. The van der Waals surface area contributed by atoms with E-state index in [1.165, 1.54) is 0 Å². The summed E-state index contributed by atoms with van der Waals surface area (Å²) in [5.74, 6) is -0.336. The Balaban J connectivity index is 0.00000103. The van der Waals surface area contributed by atoms with E-state index in [4.69, 9.17) is 0 Å². The zero-order chi connectivity index (χ0) is 24.3. The second-order valence-corrected chi connectivity index (χ2v) is 7.53. The number of para-hydroxylation sites is 2. The summed E-state index contributed by atoms with van der Waals surface area (Å²) in [5, 5.41) is 0. The van der Waals surface area contributed by atoms with Crippen molar-refractivity contribution in [2.24, 2.45) is 0 Å². The van der Waals surface area contributed by atoms with Gasteiger partial charge in [0.05, 0.1) is 6.42 Å². The van der Waals surface area contributed by atoms with Crippen molar-refractivity contribution in [3.8, 4) is 0 Å². The monoisotopic (exact) mass is 454 g/mol. The van der Waals surface area contributed by atoms with E-state index in [0.29, 0.717) is 11.1 Å². The highest BCUT2D eigenvalue weighted by Crippen LogP contribution is 2.34. The molecule has 0 saturated carbocycles. The van der Waals surface area contributed by atoms with E-state index in [0.717, 1.165) is 22.6 Å². The largest absolute Gasteiger partial charge is 0.577 e. The molecule has 0 bridgehead atoms. The van der Waals surface area contributed by atoms with Gasteiger partial charge in [0.15, 0.2) is 11.6 Å². The van der Waals surface area contributed by atoms with E-state index in [9.17, 15) is 18.2 Å². The maximum absolute atomic E-state index is 12.7. The van der Waals surface area contributed by atoms with Crippen LogP contribution in [-0.2, 0) is 0 Å². The number of hydrogen-bond donors (Lipinski definition) is 0. The number of ketones is 2. The smallest absolute Gasteiger partial charge is 0.311 e. The van der Waals surface area contributed by atoms with E-state index in [2.05, 4.69) is 4.90 Å². The van der Waals surface area contributed by atoms with Gasteiger partial charge in [-0.3, -0.25) is 18.2 Å². The van der Waals surface area contributed by atoms with Gasteiger partial charge in [0.2, 0.25) is 0 Å². The Bertz CT molecular complexity index is 1180. The van der Waals surface area contributed by atoms with E-state index >= 15 is 0 Å². The lowest BCUT2D eigenvalue weighted by Crippen LogP contribution is -2.11. The molecule has 4 rings (SSSR count). The highest BCUT2D eigenvalue weighted by molar-refractivity contribution is 6.15. The standard InChI is InChI=1S/C28H23NO2.BF2/c1-21-9-8-10-23(19-21)28(31)20-27(30)22-15-17-26(18-16-22)29(24-11-4-2-5-12-24)25-13-6-3-7-14-25;2-1-3/h2-19H,20H2,1H3;. The van der Waals surface area contributed by atoms with Gasteiger partial charge < -0.3 is 4.90 Å². The Morgan fingerprint density at radius 3 is 1.62 bits per heavy atom. The van der Waals surface area contributed by atoms with Crippen LogP contribution in [0.2, 0.25) is 0 Å². The third kappa shape index (κ3) is 6.48. The number of Topliss-reactive ketones (excluding diaryl/α,β-unsaturated/α-hetero) is 2. The number of carbonyl (C=O) groups excluding carboxylic acids is 2. The lowest BCUT2D eigenvalue weighted by Gasteiger charge is -2.25. The minimum atomic E-state index is -1.00. The van der Waals surface area contributed by atoms with Gasteiger partial charge in [0.1, 0.15) is 0 Å². The van der Waals surface area contributed by atoms with Crippen LogP contribution in [0, 0.1) is 6.92 Å². The van der Waals surface area contributed by atoms with Crippen LogP contribution in [0.5, 0.6) is 0 Å². The second-order valence-electron chi connectivity index (χ2n) is 7.53. The van der Waals surface area contributed by atoms with E-state index in [1.807, 2.05) is 97.9 Å². The molecule has 3 nitrogen and oxygen atoms in total. The maximum atomic E-state index is 12.7. The molecular weight excluding hydrogens is 431 g/mol. The second kappa shape index (κ2) is 12.3. The molecule has 1 radical (unpaired) electrons. The van der Waals surface area contributed by atoms with Gasteiger partial charge in [-0.15, -0.1) is 0 Å². The van der Waals surface area contributed by atoms with E-state index < -0.39 is 7.83 Å². The van der Waals surface area contributed by atoms with Crippen LogP contribution in [0.25, 0.3) is 0 Å². The molecule has 4 aromatic rings. The quantitative estimate of drug-likeness (QED) is 0.166. The fraction of sp³-hybridized carbons (Fsp3) is 0.0714. The Hall–Kier alpha value is -4.06. The molecule has 0 saturated heterocycles. The van der Waals surface area contributed by atoms with Crippen molar-refractivity contribution in [1.29, 1.82) is 0 Å². The summed E-state index contributed by atoms with van der Waals surface area (Å²) in [7, 11) is -1.00. The summed E-state index contributed by atoms with van der Waals surface area (Å²) in [6.07, 6.45) is -0.135. The van der Waals surface area contributed by atoms with Gasteiger partial charge >= 0.3 is 7.83 Å². The van der Waals surface area contributed by atoms with Crippen molar-refractivity contribution in [2.45, 2.75) is 13.3 Å². The number of halogens is 2. The number of benzene rings is 4. The zero-order valence-corrected chi connectivity index (χ0v) is 18.7. The Morgan fingerprint density at radius 2 is 1.12 bits per heavy atom. The molecular formula is C28H23BF2NO2. The first-order valence-corrected chi connectivity index (χ1v) is 10.7. The van der Waals surface area contributed by atoms with Crippen LogP contribution < -0.4 is 4.90 Å². The lowest BCUT2D eigenvalue weighted by atomic mass is 10.00. The minimum Gasteiger partial charge on any atom is -0.311 e. The molecule has 6 heteroatoms. The summed E-state index contributed by atoms with van der Waals surface area (Å²) >= 11 is 0. The first-order valence-electron chi connectivity index (χ1n) is 10.7. The molecule has 0 amide bonds. The third-order valence-electron chi connectivity index (χ3n) is 5.14.